The fraction of sp³-hybridized carbons (Fsp3) is 0.500. The van der Waals surface area contributed by atoms with Gasteiger partial charge in [-0.1, -0.05) is 6.07 Å². The second-order valence-corrected chi connectivity index (χ2v) is 5.87. The first kappa shape index (κ1) is 14.1. The SMILES string of the molecule is Cc1ccc2nc(CCNC(=O)C[C@H]3CCNC3)[nH]c2c1. The van der Waals surface area contributed by atoms with Gasteiger partial charge in [-0.3, -0.25) is 4.79 Å². The maximum absolute atomic E-state index is 11.8. The smallest absolute Gasteiger partial charge is 0.220 e. The summed E-state index contributed by atoms with van der Waals surface area (Å²) in [6.07, 6.45) is 2.48. The van der Waals surface area contributed by atoms with Gasteiger partial charge in [-0.15, -0.1) is 0 Å². The zero-order valence-corrected chi connectivity index (χ0v) is 12.4. The maximum Gasteiger partial charge on any atom is 0.220 e. The van der Waals surface area contributed by atoms with Gasteiger partial charge in [0.05, 0.1) is 11.0 Å². The van der Waals surface area contributed by atoms with E-state index in [9.17, 15) is 4.79 Å². The summed E-state index contributed by atoms with van der Waals surface area (Å²) in [5.41, 5.74) is 3.27. The van der Waals surface area contributed by atoms with Gasteiger partial charge in [-0.25, -0.2) is 4.98 Å². The molecule has 1 aromatic heterocycles. The van der Waals surface area contributed by atoms with Crippen molar-refractivity contribution in [3.05, 3.63) is 29.6 Å². The van der Waals surface area contributed by atoms with Crippen LogP contribution in [-0.4, -0.2) is 35.5 Å². The molecule has 112 valence electrons. The van der Waals surface area contributed by atoms with Crippen LogP contribution in [0.1, 0.15) is 24.2 Å². The molecule has 0 bridgehead atoms. The third kappa shape index (κ3) is 3.61. The Balaban J connectivity index is 1.48. The Labute approximate surface area is 124 Å². The number of H-pyrrole nitrogens is 1. The number of imidazole rings is 1. The number of aromatic amines is 1. The van der Waals surface area contributed by atoms with E-state index >= 15 is 0 Å². The number of aryl methyl sites for hydroxylation is 1. The zero-order valence-electron chi connectivity index (χ0n) is 12.4. The number of amides is 1. The third-order valence-corrected chi connectivity index (χ3v) is 4.01. The van der Waals surface area contributed by atoms with Gasteiger partial charge in [-0.2, -0.15) is 0 Å². The molecule has 0 radical (unpaired) electrons. The van der Waals surface area contributed by atoms with Gasteiger partial charge >= 0.3 is 0 Å². The third-order valence-electron chi connectivity index (χ3n) is 4.01. The van der Waals surface area contributed by atoms with E-state index in [-0.39, 0.29) is 5.91 Å². The van der Waals surface area contributed by atoms with E-state index in [1.54, 1.807) is 0 Å². The number of rotatable bonds is 5. The van der Waals surface area contributed by atoms with Crippen molar-refractivity contribution < 1.29 is 4.79 Å². The molecule has 1 aliphatic rings. The zero-order chi connectivity index (χ0) is 14.7. The molecule has 2 heterocycles. The van der Waals surface area contributed by atoms with E-state index in [0.29, 0.717) is 18.9 Å². The molecule has 0 unspecified atom stereocenters. The number of carbonyl (C=O) groups excluding carboxylic acids is 1. The van der Waals surface area contributed by atoms with Crippen LogP contribution in [0.3, 0.4) is 0 Å². The fourth-order valence-corrected chi connectivity index (χ4v) is 2.84. The average molecular weight is 286 g/mol. The number of aromatic nitrogens is 2. The molecule has 21 heavy (non-hydrogen) atoms. The summed E-state index contributed by atoms with van der Waals surface area (Å²) in [5.74, 6) is 1.58. The predicted octanol–water partition coefficient (Wildman–Crippen LogP) is 1.53. The topological polar surface area (TPSA) is 69.8 Å². The highest BCUT2D eigenvalue weighted by molar-refractivity contribution is 5.76. The van der Waals surface area contributed by atoms with Crippen LogP contribution >= 0.6 is 0 Å². The van der Waals surface area contributed by atoms with Gasteiger partial charge < -0.3 is 15.6 Å². The van der Waals surface area contributed by atoms with E-state index < -0.39 is 0 Å². The van der Waals surface area contributed by atoms with E-state index in [1.807, 2.05) is 6.07 Å². The molecular weight excluding hydrogens is 264 g/mol. The lowest BCUT2D eigenvalue weighted by molar-refractivity contribution is -0.121. The second-order valence-electron chi connectivity index (χ2n) is 5.87. The summed E-state index contributed by atoms with van der Waals surface area (Å²) in [6, 6.07) is 6.18. The Kier molecular flexibility index (Phi) is 4.20. The molecule has 0 saturated carbocycles. The van der Waals surface area contributed by atoms with Crippen LogP contribution in [0.2, 0.25) is 0 Å². The molecule has 1 atom stereocenters. The Hall–Kier alpha value is -1.88. The standard InChI is InChI=1S/C16H22N4O/c1-11-2-3-13-14(8-11)20-15(19-13)5-7-18-16(21)9-12-4-6-17-10-12/h2-3,8,12,17H,4-7,9-10H2,1H3,(H,18,21)(H,19,20)/t12-/m1/s1. The molecule has 1 amide bonds. The van der Waals surface area contributed by atoms with Crippen molar-refractivity contribution in [1.82, 2.24) is 20.6 Å². The summed E-state index contributed by atoms with van der Waals surface area (Å²) in [6.45, 7) is 4.71. The van der Waals surface area contributed by atoms with Crippen molar-refractivity contribution in [2.24, 2.45) is 5.92 Å². The lowest BCUT2D eigenvalue weighted by atomic mass is 10.0. The van der Waals surface area contributed by atoms with Crippen LogP contribution in [0, 0.1) is 12.8 Å². The van der Waals surface area contributed by atoms with Crippen LogP contribution in [0.4, 0.5) is 0 Å². The molecular formula is C16H22N4O. The Bertz CT molecular complexity index is 628. The number of nitrogens with one attached hydrogen (secondary N) is 3. The van der Waals surface area contributed by atoms with Crippen LogP contribution in [-0.2, 0) is 11.2 Å². The number of fused-ring (bicyclic) bond motifs is 1. The second kappa shape index (κ2) is 6.26. The molecule has 1 aliphatic heterocycles. The van der Waals surface area contributed by atoms with Gasteiger partial charge in [0.2, 0.25) is 5.91 Å². The van der Waals surface area contributed by atoms with Crippen molar-refractivity contribution in [3.63, 3.8) is 0 Å². The first-order valence-electron chi connectivity index (χ1n) is 7.63. The predicted molar refractivity (Wildman–Crippen MR) is 83.1 cm³/mol. The molecule has 1 saturated heterocycles. The summed E-state index contributed by atoms with van der Waals surface area (Å²) in [7, 11) is 0. The number of hydrogen-bond donors (Lipinski definition) is 3. The van der Waals surface area contributed by atoms with Gasteiger partial charge in [-0.05, 0) is 50.0 Å². The minimum atomic E-state index is 0.149. The van der Waals surface area contributed by atoms with Gasteiger partial charge in [0.25, 0.3) is 0 Å². The molecule has 2 aromatic rings. The lowest BCUT2D eigenvalue weighted by Gasteiger charge is -2.08. The highest BCUT2D eigenvalue weighted by Crippen LogP contribution is 2.14. The highest BCUT2D eigenvalue weighted by Gasteiger charge is 2.17. The average Bonchev–Trinajstić information content (AvgIpc) is 3.07. The minimum Gasteiger partial charge on any atom is -0.356 e. The van der Waals surface area contributed by atoms with E-state index in [4.69, 9.17) is 0 Å². The maximum atomic E-state index is 11.8. The number of hydrogen-bond acceptors (Lipinski definition) is 3. The molecule has 1 fully saturated rings. The monoisotopic (exact) mass is 286 g/mol. The largest absolute Gasteiger partial charge is 0.356 e. The Morgan fingerprint density at radius 1 is 1.48 bits per heavy atom. The van der Waals surface area contributed by atoms with Crippen molar-refractivity contribution in [2.75, 3.05) is 19.6 Å². The van der Waals surface area contributed by atoms with Gasteiger partial charge in [0.1, 0.15) is 5.82 Å². The van der Waals surface area contributed by atoms with E-state index in [0.717, 1.165) is 42.8 Å². The first-order chi connectivity index (χ1) is 10.2. The van der Waals surface area contributed by atoms with Crippen LogP contribution in [0.15, 0.2) is 18.2 Å². The highest BCUT2D eigenvalue weighted by atomic mass is 16.1. The molecule has 5 nitrogen and oxygen atoms in total. The first-order valence-corrected chi connectivity index (χ1v) is 7.63. The van der Waals surface area contributed by atoms with Gasteiger partial charge in [0, 0.05) is 19.4 Å². The van der Waals surface area contributed by atoms with Crippen LogP contribution in [0.5, 0.6) is 0 Å². The molecule has 0 aliphatic carbocycles. The molecule has 3 rings (SSSR count). The number of benzene rings is 1. The van der Waals surface area contributed by atoms with Crippen LogP contribution < -0.4 is 10.6 Å². The molecule has 5 heteroatoms. The molecule has 3 N–H and O–H groups in total. The summed E-state index contributed by atoms with van der Waals surface area (Å²) in [5, 5.41) is 6.27. The van der Waals surface area contributed by atoms with Crippen molar-refractivity contribution in [2.45, 2.75) is 26.2 Å². The van der Waals surface area contributed by atoms with Crippen molar-refractivity contribution in [1.29, 1.82) is 0 Å². The fourth-order valence-electron chi connectivity index (χ4n) is 2.84. The summed E-state index contributed by atoms with van der Waals surface area (Å²) in [4.78, 5) is 19.7. The quantitative estimate of drug-likeness (QED) is 0.780. The van der Waals surface area contributed by atoms with Gasteiger partial charge in [0.15, 0.2) is 0 Å². The Morgan fingerprint density at radius 3 is 3.19 bits per heavy atom. The van der Waals surface area contributed by atoms with E-state index in [1.165, 1.54) is 5.56 Å². The molecule has 0 spiro atoms. The van der Waals surface area contributed by atoms with Crippen LogP contribution in [0.25, 0.3) is 11.0 Å². The number of nitrogens with zero attached hydrogens (tertiary/aromatic N) is 1. The van der Waals surface area contributed by atoms with Crippen molar-refractivity contribution >= 4 is 16.9 Å². The van der Waals surface area contributed by atoms with E-state index in [2.05, 4.69) is 39.7 Å². The van der Waals surface area contributed by atoms with Crippen molar-refractivity contribution in [3.8, 4) is 0 Å². The number of carbonyl (C=O) groups is 1. The molecule has 1 aromatic carbocycles. The summed E-state index contributed by atoms with van der Waals surface area (Å²) < 4.78 is 0. The minimum absolute atomic E-state index is 0.149. The summed E-state index contributed by atoms with van der Waals surface area (Å²) >= 11 is 0. The normalized spacial score (nSPS) is 18.2. The lowest BCUT2D eigenvalue weighted by Crippen LogP contribution is -2.28. The Morgan fingerprint density at radius 2 is 2.38 bits per heavy atom.